The number of hydrogen-bond acceptors (Lipinski definition) is 4. The molecular formula is C11H15BrN2O3. The number of alkyl halides is 1. The van der Waals surface area contributed by atoms with Crippen LogP contribution >= 0.6 is 15.9 Å². The van der Waals surface area contributed by atoms with E-state index in [1.165, 1.54) is 13.3 Å². The van der Waals surface area contributed by atoms with Crippen LogP contribution in [0.3, 0.4) is 0 Å². The molecule has 1 atom stereocenters. The van der Waals surface area contributed by atoms with Crippen molar-refractivity contribution in [1.82, 2.24) is 10.3 Å². The van der Waals surface area contributed by atoms with Crippen LogP contribution in [0.15, 0.2) is 18.5 Å². The lowest BCUT2D eigenvalue weighted by atomic mass is 10.2. The number of methoxy groups -OCH3 is 2. The molecule has 6 heteroatoms. The van der Waals surface area contributed by atoms with Crippen LogP contribution in [0.5, 0.6) is 5.75 Å². The number of rotatable bonds is 6. The topological polar surface area (TPSA) is 60.5 Å². The first-order valence-electron chi connectivity index (χ1n) is 5.06. The number of hydrogen-bond donors (Lipinski definition) is 1. The van der Waals surface area contributed by atoms with Crippen molar-refractivity contribution in [3.8, 4) is 5.75 Å². The second kappa shape index (κ2) is 7.24. The highest BCUT2D eigenvalue weighted by atomic mass is 79.9. The fourth-order valence-electron chi connectivity index (χ4n) is 1.32. The van der Waals surface area contributed by atoms with E-state index >= 15 is 0 Å². The third kappa shape index (κ3) is 3.98. The Balaban J connectivity index is 2.75. The van der Waals surface area contributed by atoms with Gasteiger partial charge in [-0.05, 0) is 6.07 Å². The van der Waals surface area contributed by atoms with E-state index in [0.717, 1.165) is 0 Å². The van der Waals surface area contributed by atoms with E-state index in [9.17, 15) is 4.79 Å². The second-order valence-corrected chi connectivity index (χ2v) is 4.00. The predicted octanol–water partition coefficient (Wildman–Crippen LogP) is 1.23. The van der Waals surface area contributed by atoms with Crippen LogP contribution < -0.4 is 10.1 Å². The molecule has 17 heavy (non-hydrogen) atoms. The molecule has 1 amide bonds. The summed E-state index contributed by atoms with van der Waals surface area (Å²) >= 11 is 3.32. The summed E-state index contributed by atoms with van der Waals surface area (Å²) in [5.41, 5.74) is 0.463. The number of carbonyl (C=O) groups is 1. The van der Waals surface area contributed by atoms with Gasteiger partial charge in [0, 0.05) is 18.6 Å². The monoisotopic (exact) mass is 302 g/mol. The summed E-state index contributed by atoms with van der Waals surface area (Å²) in [6, 6.07) is 1.54. The highest BCUT2D eigenvalue weighted by Gasteiger charge is 2.16. The predicted molar refractivity (Wildman–Crippen MR) is 67.7 cm³/mol. The maximum Gasteiger partial charge on any atom is 0.255 e. The molecule has 5 nitrogen and oxygen atoms in total. The molecule has 1 aromatic heterocycles. The van der Waals surface area contributed by atoms with Crippen LogP contribution in [-0.2, 0) is 4.74 Å². The zero-order chi connectivity index (χ0) is 12.7. The summed E-state index contributed by atoms with van der Waals surface area (Å²) < 4.78 is 10.1. The van der Waals surface area contributed by atoms with E-state index in [2.05, 4.69) is 26.2 Å². The zero-order valence-corrected chi connectivity index (χ0v) is 11.4. The third-order valence-corrected chi connectivity index (χ3v) is 2.92. The first-order chi connectivity index (χ1) is 8.22. The standard InChI is InChI=1S/C11H15BrN2O3/c1-16-7-8(5-12)14-11(15)9-3-4-13-6-10(9)17-2/h3-4,6,8H,5,7H2,1-2H3,(H,14,15). The van der Waals surface area contributed by atoms with Crippen molar-refractivity contribution in [2.24, 2.45) is 0 Å². The van der Waals surface area contributed by atoms with Gasteiger partial charge in [0.05, 0.1) is 31.5 Å². The molecular weight excluding hydrogens is 288 g/mol. The molecule has 0 spiro atoms. The molecule has 0 bridgehead atoms. The van der Waals surface area contributed by atoms with Crippen LogP contribution in [0, 0.1) is 0 Å². The number of ether oxygens (including phenoxy) is 2. The molecule has 0 radical (unpaired) electrons. The lowest BCUT2D eigenvalue weighted by molar-refractivity contribution is 0.0904. The van der Waals surface area contributed by atoms with Gasteiger partial charge in [0.2, 0.25) is 0 Å². The van der Waals surface area contributed by atoms with Gasteiger partial charge in [-0.3, -0.25) is 9.78 Å². The Hall–Kier alpha value is -1.14. The largest absolute Gasteiger partial charge is 0.494 e. The molecule has 0 fully saturated rings. The van der Waals surface area contributed by atoms with Gasteiger partial charge in [-0.1, -0.05) is 15.9 Å². The highest BCUT2D eigenvalue weighted by molar-refractivity contribution is 9.09. The van der Waals surface area contributed by atoms with Crippen LogP contribution in [0.1, 0.15) is 10.4 Å². The van der Waals surface area contributed by atoms with Gasteiger partial charge in [0.15, 0.2) is 0 Å². The van der Waals surface area contributed by atoms with E-state index in [4.69, 9.17) is 9.47 Å². The summed E-state index contributed by atoms with van der Waals surface area (Å²) in [4.78, 5) is 15.9. The number of carbonyl (C=O) groups excluding carboxylic acids is 1. The summed E-state index contributed by atoms with van der Waals surface area (Å²) in [6.45, 7) is 0.449. The van der Waals surface area contributed by atoms with Gasteiger partial charge in [-0.2, -0.15) is 0 Å². The minimum absolute atomic E-state index is 0.0784. The molecule has 1 rings (SSSR count). The average Bonchev–Trinajstić information content (AvgIpc) is 2.38. The molecule has 0 aliphatic rings. The fourth-order valence-corrected chi connectivity index (χ4v) is 1.67. The molecule has 0 saturated heterocycles. The van der Waals surface area contributed by atoms with Crippen molar-refractivity contribution < 1.29 is 14.3 Å². The van der Waals surface area contributed by atoms with Crippen molar-refractivity contribution in [3.63, 3.8) is 0 Å². The van der Waals surface area contributed by atoms with Crippen molar-refractivity contribution >= 4 is 21.8 Å². The quantitative estimate of drug-likeness (QED) is 0.803. The van der Waals surface area contributed by atoms with E-state index in [1.807, 2.05) is 0 Å². The Bertz CT molecular complexity index is 373. The van der Waals surface area contributed by atoms with E-state index in [0.29, 0.717) is 23.2 Å². The molecule has 1 heterocycles. The Labute approximate surface area is 109 Å². The van der Waals surface area contributed by atoms with Gasteiger partial charge in [-0.25, -0.2) is 0 Å². The van der Waals surface area contributed by atoms with Crippen LogP contribution in [0.4, 0.5) is 0 Å². The van der Waals surface area contributed by atoms with Crippen molar-refractivity contribution in [2.45, 2.75) is 6.04 Å². The van der Waals surface area contributed by atoms with Gasteiger partial charge in [0.1, 0.15) is 5.75 Å². The lowest BCUT2D eigenvalue weighted by Crippen LogP contribution is -2.39. The van der Waals surface area contributed by atoms with Crippen LogP contribution in [-0.4, -0.2) is 43.1 Å². The highest BCUT2D eigenvalue weighted by Crippen LogP contribution is 2.15. The minimum Gasteiger partial charge on any atom is -0.494 e. The molecule has 0 aliphatic heterocycles. The van der Waals surface area contributed by atoms with E-state index in [1.54, 1.807) is 19.4 Å². The van der Waals surface area contributed by atoms with Gasteiger partial charge >= 0.3 is 0 Å². The first-order valence-corrected chi connectivity index (χ1v) is 6.18. The molecule has 0 aromatic carbocycles. The van der Waals surface area contributed by atoms with Crippen molar-refractivity contribution in [3.05, 3.63) is 24.0 Å². The van der Waals surface area contributed by atoms with Gasteiger partial charge < -0.3 is 14.8 Å². The smallest absolute Gasteiger partial charge is 0.255 e. The number of amides is 1. The maximum absolute atomic E-state index is 12.0. The van der Waals surface area contributed by atoms with Gasteiger partial charge in [0.25, 0.3) is 5.91 Å². The van der Waals surface area contributed by atoms with Gasteiger partial charge in [-0.15, -0.1) is 0 Å². The first kappa shape index (κ1) is 13.9. The molecule has 1 aromatic rings. The van der Waals surface area contributed by atoms with E-state index in [-0.39, 0.29) is 11.9 Å². The Morgan fingerprint density at radius 1 is 1.59 bits per heavy atom. The molecule has 0 saturated carbocycles. The minimum atomic E-state index is -0.203. The van der Waals surface area contributed by atoms with E-state index < -0.39 is 0 Å². The molecule has 0 aliphatic carbocycles. The average molecular weight is 303 g/mol. The number of aromatic nitrogens is 1. The Morgan fingerprint density at radius 3 is 2.94 bits per heavy atom. The summed E-state index contributed by atoms with van der Waals surface area (Å²) in [7, 11) is 3.10. The number of nitrogens with zero attached hydrogens (tertiary/aromatic N) is 1. The summed E-state index contributed by atoms with van der Waals surface area (Å²) in [5.74, 6) is 0.251. The van der Waals surface area contributed by atoms with Crippen LogP contribution in [0.25, 0.3) is 0 Å². The fraction of sp³-hybridized carbons (Fsp3) is 0.455. The Kier molecular flexibility index (Phi) is 5.93. The summed E-state index contributed by atoms with van der Waals surface area (Å²) in [5, 5.41) is 3.47. The SMILES string of the molecule is COCC(CBr)NC(=O)c1ccncc1OC. The maximum atomic E-state index is 12.0. The van der Waals surface area contributed by atoms with Crippen molar-refractivity contribution in [1.29, 1.82) is 0 Å². The zero-order valence-electron chi connectivity index (χ0n) is 9.77. The molecule has 1 N–H and O–H groups in total. The Morgan fingerprint density at radius 2 is 2.35 bits per heavy atom. The molecule has 94 valence electrons. The normalized spacial score (nSPS) is 11.9. The second-order valence-electron chi connectivity index (χ2n) is 3.36. The number of nitrogens with one attached hydrogen (secondary N) is 1. The number of halogens is 1. The lowest BCUT2D eigenvalue weighted by Gasteiger charge is -2.16. The summed E-state index contributed by atoms with van der Waals surface area (Å²) in [6.07, 6.45) is 3.06. The van der Waals surface area contributed by atoms with Crippen molar-refractivity contribution in [2.75, 3.05) is 26.2 Å². The molecule has 1 unspecified atom stereocenters. The van der Waals surface area contributed by atoms with Crippen LogP contribution in [0.2, 0.25) is 0 Å². The number of pyridine rings is 1. The third-order valence-electron chi connectivity index (χ3n) is 2.14.